The van der Waals surface area contributed by atoms with Gasteiger partial charge in [0, 0.05) is 25.0 Å². The molecule has 1 aliphatic rings. The van der Waals surface area contributed by atoms with Crippen LogP contribution in [0.2, 0.25) is 0 Å². The quantitative estimate of drug-likeness (QED) is 0.828. The van der Waals surface area contributed by atoms with Gasteiger partial charge in [-0.2, -0.15) is 0 Å². The van der Waals surface area contributed by atoms with E-state index in [0.717, 1.165) is 17.9 Å². The molecule has 6 nitrogen and oxygen atoms in total. The van der Waals surface area contributed by atoms with Crippen molar-refractivity contribution in [1.82, 2.24) is 14.5 Å². The first-order valence-corrected chi connectivity index (χ1v) is 8.26. The number of aryl methyl sites for hydroxylation is 2. The van der Waals surface area contributed by atoms with E-state index in [-0.39, 0.29) is 11.9 Å². The minimum absolute atomic E-state index is 0.00758. The highest BCUT2D eigenvalue weighted by Gasteiger charge is 2.21. The number of nitrogens with zero attached hydrogens (tertiary/aromatic N) is 3. The fourth-order valence-corrected chi connectivity index (χ4v) is 3.19. The second-order valence-corrected chi connectivity index (χ2v) is 6.40. The van der Waals surface area contributed by atoms with E-state index in [9.17, 15) is 4.79 Å². The third kappa shape index (κ3) is 3.24. The summed E-state index contributed by atoms with van der Waals surface area (Å²) >= 11 is 1.44. The van der Waals surface area contributed by atoms with Gasteiger partial charge in [0.05, 0.1) is 5.75 Å². The average molecular weight is 317 g/mol. The maximum absolute atomic E-state index is 11.6. The molecule has 0 radical (unpaired) electrons. The molecular weight excluding hydrogens is 298 g/mol. The highest BCUT2D eigenvalue weighted by molar-refractivity contribution is 8.00. The third-order valence-corrected chi connectivity index (χ3v) is 4.67. The molecule has 2 aromatic heterocycles. The van der Waals surface area contributed by atoms with Gasteiger partial charge in [0.25, 0.3) is 0 Å². The molecule has 1 amide bonds. The van der Waals surface area contributed by atoms with E-state index in [4.69, 9.17) is 0 Å². The largest absolute Gasteiger partial charge is 0.366 e. The first kappa shape index (κ1) is 14.9. The van der Waals surface area contributed by atoms with Gasteiger partial charge < -0.3 is 15.2 Å². The van der Waals surface area contributed by atoms with Crippen LogP contribution in [0, 0.1) is 0 Å². The number of rotatable bonds is 5. The molecule has 0 fully saturated rings. The van der Waals surface area contributed by atoms with Crippen molar-refractivity contribution in [2.24, 2.45) is 7.05 Å². The van der Waals surface area contributed by atoms with Crippen molar-refractivity contribution in [3.05, 3.63) is 30.4 Å². The summed E-state index contributed by atoms with van der Waals surface area (Å²) in [7, 11) is 2.06. The van der Waals surface area contributed by atoms with Gasteiger partial charge in [-0.1, -0.05) is 11.8 Å². The van der Waals surface area contributed by atoms with Crippen LogP contribution >= 0.6 is 11.8 Å². The van der Waals surface area contributed by atoms with Crippen LogP contribution in [-0.2, 0) is 18.3 Å². The number of aromatic nitrogens is 3. The van der Waals surface area contributed by atoms with Gasteiger partial charge in [0.15, 0.2) is 5.82 Å². The van der Waals surface area contributed by atoms with Crippen molar-refractivity contribution in [2.75, 3.05) is 16.4 Å². The van der Waals surface area contributed by atoms with E-state index >= 15 is 0 Å². The van der Waals surface area contributed by atoms with Gasteiger partial charge >= 0.3 is 0 Å². The minimum Gasteiger partial charge on any atom is -0.366 e. The topological polar surface area (TPSA) is 71.8 Å². The number of fused-ring (bicyclic) bond motifs is 1. The number of hydrogen-bond acceptors (Lipinski definition) is 5. The second kappa shape index (κ2) is 6.39. The normalized spacial score (nSPS) is 15.1. The van der Waals surface area contributed by atoms with Crippen molar-refractivity contribution in [3.63, 3.8) is 0 Å². The number of thioether (sulfide) groups is 1. The van der Waals surface area contributed by atoms with Crippen LogP contribution in [0.3, 0.4) is 0 Å². The average Bonchev–Trinajstić information content (AvgIpc) is 2.91. The fourth-order valence-electron chi connectivity index (χ4n) is 2.44. The van der Waals surface area contributed by atoms with Crippen molar-refractivity contribution >= 4 is 29.2 Å². The van der Waals surface area contributed by atoms with E-state index < -0.39 is 0 Å². The number of hydrogen-bond donors (Lipinski definition) is 2. The van der Waals surface area contributed by atoms with Crippen LogP contribution in [0.4, 0.5) is 11.5 Å². The second-order valence-electron chi connectivity index (χ2n) is 5.43. The van der Waals surface area contributed by atoms with Crippen LogP contribution in [0.1, 0.15) is 19.0 Å². The van der Waals surface area contributed by atoms with Gasteiger partial charge in [-0.15, -0.1) is 0 Å². The van der Waals surface area contributed by atoms with Gasteiger partial charge in [0.1, 0.15) is 17.0 Å². The summed E-state index contributed by atoms with van der Waals surface area (Å²) in [6, 6.07) is 4.44. The zero-order chi connectivity index (χ0) is 15.5. The van der Waals surface area contributed by atoms with Gasteiger partial charge in [-0.3, -0.25) is 4.79 Å². The molecule has 0 saturated heterocycles. The molecule has 1 aliphatic heterocycles. The summed E-state index contributed by atoms with van der Waals surface area (Å²) < 4.78 is 2.14. The predicted molar refractivity (Wildman–Crippen MR) is 88.2 cm³/mol. The van der Waals surface area contributed by atoms with Crippen molar-refractivity contribution < 1.29 is 4.79 Å². The smallest absolute Gasteiger partial charge is 0.234 e. The SMILES string of the molecule is CC(CCc1cccn1C)Nc1ncnc2c1NC(=O)CS2. The lowest BCUT2D eigenvalue weighted by molar-refractivity contribution is -0.113. The summed E-state index contributed by atoms with van der Waals surface area (Å²) in [5, 5.41) is 7.07. The lowest BCUT2D eigenvalue weighted by Crippen LogP contribution is -2.24. The number of nitrogens with one attached hydrogen (secondary N) is 2. The maximum Gasteiger partial charge on any atom is 0.234 e. The lowest BCUT2D eigenvalue weighted by atomic mass is 10.1. The Morgan fingerprint density at radius 2 is 2.36 bits per heavy atom. The van der Waals surface area contributed by atoms with E-state index in [1.807, 2.05) is 0 Å². The Bertz CT molecular complexity index is 684. The van der Waals surface area contributed by atoms with Crippen molar-refractivity contribution in [1.29, 1.82) is 0 Å². The first-order valence-electron chi connectivity index (χ1n) is 7.28. The van der Waals surface area contributed by atoms with E-state index in [1.54, 1.807) is 0 Å². The number of carbonyl (C=O) groups is 1. The van der Waals surface area contributed by atoms with Gasteiger partial charge in [0.2, 0.25) is 5.91 Å². The van der Waals surface area contributed by atoms with Crippen LogP contribution in [0.15, 0.2) is 29.7 Å². The third-order valence-electron chi connectivity index (χ3n) is 3.68. The highest BCUT2D eigenvalue weighted by Crippen LogP contribution is 2.34. The van der Waals surface area contributed by atoms with E-state index in [1.165, 1.54) is 23.8 Å². The first-order chi connectivity index (χ1) is 10.6. The molecule has 1 atom stereocenters. The Morgan fingerprint density at radius 3 is 3.14 bits per heavy atom. The summed E-state index contributed by atoms with van der Waals surface area (Å²) in [6.07, 6.45) is 5.57. The van der Waals surface area contributed by atoms with Crippen LogP contribution in [-0.4, -0.2) is 32.2 Å². The fraction of sp³-hybridized carbons (Fsp3) is 0.400. The Kier molecular flexibility index (Phi) is 4.33. The summed E-state index contributed by atoms with van der Waals surface area (Å²) in [4.78, 5) is 20.1. The Morgan fingerprint density at radius 1 is 1.50 bits per heavy atom. The molecule has 0 aliphatic carbocycles. The molecule has 2 aromatic rings. The van der Waals surface area contributed by atoms with Crippen molar-refractivity contribution in [2.45, 2.75) is 30.8 Å². The van der Waals surface area contributed by atoms with E-state index in [0.29, 0.717) is 17.3 Å². The molecule has 116 valence electrons. The predicted octanol–water partition coefficient (Wildman–Crippen LogP) is 2.29. The zero-order valence-corrected chi connectivity index (χ0v) is 13.5. The number of carbonyl (C=O) groups excluding carboxylic acids is 1. The Hall–Kier alpha value is -2.02. The molecule has 0 bridgehead atoms. The van der Waals surface area contributed by atoms with Gasteiger partial charge in [-0.05, 0) is 31.9 Å². The van der Waals surface area contributed by atoms with E-state index in [2.05, 4.69) is 57.5 Å². The molecule has 22 heavy (non-hydrogen) atoms. The minimum atomic E-state index is -0.00758. The Labute approximate surface area is 133 Å². The molecule has 0 saturated carbocycles. The Balaban J connectivity index is 1.65. The van der Waals surface area contributed by atoms with Crippen molar-refractivity contribution in [3.8, 4) is 0 Å². The monoisotopic (exact) mass is 317 g/mol. The van der Waals surface area contributed by atoms with Crippen LogP contribution in [0.5, 0.6) is 0 Å². The molecule has 7 heteroatoms. The molecule has 0 spiro atoms. The zero-order valence-electron chi connectivity index (χ0n) is 12.7. The molecular formula is C15H19N5OS. The molecule has 1 unspecified atom stereocenters. The highest BCUT2D eigenvalue weighted by atomic mass is 32.2. The van der Waals surface area contributed by atoms with Crippen LogP contribution in [0.25, 0.3) is 0 Å². The molecule has 3 rings (SSSR count). The van der Waals surface area contributed by atoms with Gasteiger partial charge in [-0.25, -0.2) is 9.97 Å². The summed E-state index contributed by atoms with van der Waals surface area (Å²) in [5.74, 6) is 1.10. The molecule has 0 aromatic carbocycles. The number of amides is 1. The molecule has 2 N–H and O–H groups in total. The standard InChI is InChI=1S/C15H19N5OS/c1-10(5-6-11-4-3-7-20(11)2)18-14-13-15(17-9-16-14)22-8-12(21)19-13/h3-4,7,9-10H,5-6,8H2,1-2H3,(H,19,21)(H,16,17,18). The number of anilines is 2. The molecule has 3 heterocycles. The summed E-state index contributed by atoms with van der Waals surface area (Å²) in [5.41, 5.74) is 2.01. The summed E-state index contributed by atoms with van der Waals surface area (Å²) in [6.45, 7) is 2.12. The lowest BCUT2D eigenvalue weighted by Gasteiger charge is -2.21. The maximum atomic E-state index is 11.6. The van der Waals surface area contributed by atoms with Crippen LogP contribution < -0.4 is 10.6 Å².